The highest BCUT2D eigenvalue weighted by Crippen LogP contribution is 2.26. The summed E-state index contributed by atoms with van der Waals surface area (Å²) in [7, 11) is 0. The summed E-state index contributed by atoms with van der Waals surface area (Å²) in [6.45, 7) is 5.52. The van der Waals surface area contributed by atoms with Crippen LogP contribution in [0.15, 0.2) is 22.1 Å². The van der Waals surface area contributed by atoms with E-state index in [9.17, 15) is 9.90 Å². The molecule has 1 aromatic heterocycles. The average molecular weight is 309 g/mol. The summed E-state index contributed by atoms with van der Waals surface area (Å²) >= 11 is 1.92. The van der Waals surface area contributed by atoms with Gasteiger partial charge in [0.2, 0.25) is 5.91 Å². The fraction of sp³-hybridized carbons (Fsp3) is 0.562. The Balaban J connectivity index is 1.95. The van der Waals surface area contributed by atoms with E-state index in [2.05, 4.69) is 5.32 Å². The maximum Gasteiger partial charge on any atom is 0.244 e. The van der Waals surface area contributed by atoms with Crippen molar-refractivity contribution in [3.8, 4) is 0 Å². The van der Waals surface area contributed by atoms with Gasteiger partial charge in [-0.05, 0) is 51.2 Å². The summed E-state index contributed by atoms with van der Waals surface area (Å²) in [5.41, 5.74) is 0.793. The number of aliphatic hydroxyl groups is 1. The topological polar surface area (TPSA) is 62.5 Å². The van der Waals surface area contributed by atoms with Crippen LogP contribution in [0, 0.1) is 13.8 Å². The van der Waals surface area contributed by atoms with Crippen LogP contribution in [0.4, 0.5) is 0 Å². The van der Waals surface area contributed by atoms with E-state index in [-0.39, 0.29) is 12.5 Å². The molecular formula is C16H23NO3S. The fourth-order valence-corrected chi connectivity index (χ4v) is 3.55. The summed E-state index contributed by atoms with van der Waals surface area (Å²) in [6, 6.07) is 1.82. The van der Waals surface area contributed by atoms with Crippen molar-refractivity contribution in [1.82, 2.24) is 5.32 Å². The molecule has 1 aromatic rings. The summed E-state index contributed by atoms with van der Waals surface area (Å²) < 4.78 is 5.44. The van der Waals surface area contributed by atoms with Gasteiger partial charge in [-0.3, -0.25) is 4.79 Å². The second-order valence-corrected chi connectivity index (χ2v) is 6.96. The molecule has 0 saturated carbocycles. The molecule has 0 aliphatic carbocycles. The Morgan fingerprint density at radius 2 is 2.14 bits per heavy atom. The van der Waals surface area contributed by atoms with E-state index in [4.69, 9.17) is 4.42 Å². The molecule has 0 aromatic carbocycles. The molecule has 5 heteroatoms. The van der Waals surface area contributed by atoms with Gasteiger partial charge in [-0.25, -0.2) is 0 Å². The molecule has 4 nitrogen and oxygen atoms in total. The third-order valence-electron chi connectivity index (χ3n) is 3.70. The molecule has 21 heavy (non-hydrogen) atoms. The summed E-state index contributed by atoms with van der Waals surface area (Å²) in [6.07, 6.45) is 3.65. The lowest BCUT2D eigenvalue weighted by Crippen LogP contribution is -2.38. The first-order chi connectivity index (χ1) is 9.88. The molecule has 1 saturated heterocycles. The summed E-state index contributed by atoms with van der Waals surface area (Å²) in [4.78, 5) is 12.0. The molecule has 116 valence electrons. The van der Waals surface area contributed by atoms with Crippen LogP contribution in [0.3, 0.4) is 0 Å². The lowest BCUT2D eigenvalue weighted by atomic mass is 9.96. The first kappa shape index (κ1) is 16.2. The monoisotopic (exact) mass is 309 g/mol. The second-order valence-electron chi connectivity index (χ2n) is 5.73. The van der Waals surface area contributed by atoms with Crippen molar-refractivity contribution in [1.29, 1.82) is 0 Å². The first-order valence-electron chi connectivity index (χ1n) is 7.23. The lowest BCUT2D eigenvalue weighted by Gasteiger charge is -2.23. The number of furan rings is 1. The third kappa shape index (κ3) is 4.38. The Kier molecular flexibility index (Phi) is 5.17. The number of carbonyl (C=O) groups excluding carboxylic acids is 1. The van der Waals surface area contributed by atoms with Crippen molar-refractivity contribution < 1.29 is 14.3 Å². The van der Waals surface area contributed by atoms with Gasteiger partial charge in [-0.1, -0.05) is 5.57 Å². The van der Waals surface area contributed by atoms with E-state index in [0.29, 0.717) is 5.76 Å². The van der Waals surface area contributed by atoms with Crippen LogP contribution < -0.4 is 5.32 Å². The zero-order valence-electron chi connectivity index (χ0n) is 12.9. The molecule has 0 bridgehead atoms. The predicted octanol–water partition coefficient (Wildman–Crippen LogP) is 2.67. The smallest absolute Gasteiger partial charge is 0.244 e. The highest BCUT2D eigenvalue weighted by atomic mass is 32.2. The maximum absolute atomic E-state index is 12.0. The first-order valence-corrected chi connectivity index (χ1v) is 8.39. The number of hydrogen-bond acceptors (Lipinski definition) is 4. The van der Waals surface area contributed by atoms with Crippen LogP contribution in [0.5, 0.6) is 0 Å². The van der Waals surface area contributed by atoms with Crippen LogP contribution in [-0.2, 0) is 10.4 Å². The van der Waals surface area contributed by atoms with Gasteiger partial charge in [0.25, 0.3) is 0 Å². The molecule has 1 fully saturated rings. The number of nitrogens with one attached hydrogen (secondary N) is 1. The van der Waals surface area contributed by atoms with Gasteiger partial charge >= 0.3 is 0 Å². The van der Waals surface area contributed by atoms with Crippen molar-refractivity contribution in [3.05, 3.63) is 34.8 Å². The van der Waals surface area contributed by atoms with E-state index < -0.39 is 5.60 Å². The van der Waals surface area contributed by atoms with Crippen molar-refractivity contribution in [2.45, 2.75) is 39.2 Å². The van der Waals surface area contributed by atoms with Gasteiger partial charge in [0.15, 0.2) is 0 Å². The molecule has 1 aliphatic rings. The third-order valence-corrected chi connectivity index (χ3v) is 4.68. The SMILES string of the molecule is Cc1cc(C(C)(O)CNC(=O)C=C2CCSCC2)c(C)o1. The quantitative estimate of drug-likeness (QED) is 0.839. The van der Waals surface area contributed by atoms with Crippen LogP contribution in [0.25, 0.3) is 0 Å². The van der Waals surface area contributed by atoms with Crippen LogP contribution >= 0.6 is 11.8 Å². The van der Waals surface area contributed by atoms with E-state index in [1.807, 2.05) is 31.7 Å². The number of thioether (sulfide) groups is 1. The van der Waals surface area contributed by atoms with Gasteiger partial charge < -0.3 is 14.8 Å². The van der Waals surface area contributed by atoms with Gasteiger partial charge in [0.1, 0.15) is 17.1 Å². The molecular weight excluding hydrogens is 286 g/mol. The van der Waals surface area contributed by atoms with Gasteiger partial charge in [0, 0.05) is 11.6 Å². The Morgan fingerprint density at radius 1 is 1.48 bits per heavy atom. The highest BCUT2D eigenvalue weighted by molar-refractivity contribution is 7.99. The van der Waals surface area contributed by atoms with E-state index in [0.717, 1.165) is 35.7 Å². The average Bonchev–Trinajstić information content (AvgIpc) is 2.78. The number of allylic oxidation sites excluding steroid dienone is 1. The molecule has 0 radical (unpaired) electrons. The van der Waals surface area contributed by atoms with E-state index in [1.54, 1.807) is 13.0 Å². The number of hydrogen-bond donors (Lipinski definition) is 2. The Morgan fingerprint density at radius 3 is 2.71 bits per heavy atom. The maximum atomic E-state index is 12.0. The van der Waals surface area contributed by atoms with E-state index >= 15 is 0 Å². The summed E-state index contributed by atoms with van der Waals surface area (Å²) in [5.74, 6) is 3.50. The highest BCUT2D eigenvalue weighted by Gasteiger charge is 2.28. The Hall–Kier alpha value is -1.20. The molecule has 0 spiro atoms. The number of rotatable bonds is 4. The Labute approximate surface area is 130 Å². The van der Waals surface area contributed by atoms with Gasteiger partial charge in [-0.2, -0.15) is 11.8 Å². The molecule has 2 heterocycles. The van der Waals surface area contributed by atoms with Gasteiger partial charge in [-0.15, -0.1) is 0 Å². The molecule has 1 atom stereocenters. The molecule has 2 rings (SSSR count). The fourth-order valence-electron chi connectivity index (χ4n) is 2.53. The zero-order chi connectivity index (χ0) is 15.5. The minimum atomic E-state index is -1.13. The minimum Gasteiger partial charge on any atom is -0.466 e. The number of aryl methyl sites for hydroxylation is 2. The molecule has 1 aliphatic heterocycles. The largest absolute Gasteiger partial charge is 0.466 e. The number of amides is 1. The normalized spacial score (nSPS) is 18.2. The number of carbonyl (C=O) groups is 1. The predicted molar refractivity (Wildman–Crippen MR) is 85.4 cm³/mol. The van der Waals surface area contributed by atoms with Gasteiger partial charge in [0.05, 0.1) is 6.54 Å². The Bertz CT molecular complexity index is 538. The van der Waals surface area contributed by atoms with Crippen molar-refractivity contribution in [2.24, 2.45) is 0 Å². The standard InChI is InChI=1S/C16H23NO3S/c1-11-8-14(12(2)20-11)16(3,19)10-17-15(18)9-13-4-6-21-7-5-13/h8-9,19H,4-7,10H2,1-3H3,(H,17,18). The zero-order valence-corrected chi connectivity index (χ0v) is 13.7. The molecule has 1 amide bonds. The summed E-state index contributed by atoms with van der Waals surface area (Å²) in [5, 5.41) is 13.3. The van der Waals surface area contributed by atoms with Crippen molar-refractivity contribution in [2.75, 3.05) is 18.1 Å². The van der Waals surface area contributed by atoms with Crippen LogP contribution in [-0.4, -0.2) is 29.1 Å². The lowest BCUT2D eigenvalue weighted by molar-refractivity contribution is -0.117. The van der Waals surface area contributed by atoms with Crippen molar-refractivity contribution in [3.63, 3.8) is 0 Å². The molecule has 2 N–H and O–H groups in total. The van der Waals surface area contributed by atoms with E-state index in [1.165, 1.54) is 5.57 Å². The minimum absolute atomic E-state index is 0.130. The van der Waals surface area contributed by atoms with Crippen LogP contribution in [0.2, 0.25) is 0 Å². The second kappa shape index (κ2) is 6.71. The van der Waals surface area contributed by atoms with Crippen LogP contribution in [0.1, 0.15) is 36.8 Å². The van der Waals surface area contributed by atoms with Crippen molar-refractivity contribution >= 4 is 17.7 Å². The molecule has 1 unspecified atom stereocenters.